The number of carboxylic acids is 1. The van der Waals surface area contributed by atoms with Gasteiger partial charge in [0, 0.05) is 18.5 Å². The van der Waals surface area contributed by atoms with E-state index in [-0.39, 0.29) is 29.9 Å². The number of hydrogen-bond donors (Lipinski definition) is 2. The van der Waals surface area contributed by atoms with Crippen LogP contribution in [0, 0.1) is 0 Å². The molecule has 1 aromatic carbocycles. The Bertz CT molecular complexity index is 875. The molecule has 29 heavy (non-hydrogen) atoms. The molecule has 0 unspecified atom stereocenters. The SMILES string of the molecule is CC(C)Oc1cc(O)cc(CN(C(=O)OC(C)(C)C)c2ncc(C(=O)O)cn2)c1. The maximum absolute atomic E-state index is 12.7. The molecule has 0 aliphatic heterocycles. The first-order valence-corrected chi connectivity index (χ1v) is 9.00. The van der Waals surface area contributed by atoms with Gasteiger partial charge in [0.1, 0.15) is 17.1 Å². The quantitative estimate of drug-likeness (QED) is 0.750. The second-order valence-corrected chi connectivity index (χ2v) is 7.65. The number of amides is 1. The first-order valence-electron chi connectivity index (χ1n) is 9.00. The third-order valence-corrected chi connectivity index (χ3v) is 3.40. The Hall–Kier alpha value is -3.36. The number of phenols is 1. The second kappa shape index (κ2) is 8.76. The summed E-state index contributed by atoms with van der Waals surface area (Å²) in [6.45, 7) is 8.86. The Morgan fingerprint density at radius 1 is 1.14 bits per heavy atom. The van der Waals surface area contributed by atoms with E-state index >= 15 is 0 Å². The topological polar surface area (TPSA) is 122 Å². The fourth-order valence-corrected chi connectivity index (χ4v) is 2.36. The molecule has 0 saturated heterocycles. The minimum atomic E-state index is -1.18. The fraction of sp³-hybridized carbons (Fsp3) is 0.400. The van der Waals surface area contributed by atoms with Crippen LogP contribution in [0.15, 0.2) is 30.6 Å². The lowest BCUT2D eigenvalue weighted by Crippen LogP contribution is -2.37. The minimum Gasteiger partial charge on any atom is -0.508 e. The van der Waals surface area contributed by atoms with Crippen molar-refractivity contribution in [2.24, 2.45) is 0 Å². The van der Waals surface area contributed by atoms with Crippen LogP contribution in [0.25, 0.3) is 0 Å². The van der Waals surface area contributed by atoms with E-state index < -0.39 is 17.7 Å². The van der Waals surface area contributed by atoms with E-state index in [1.807, 2.05) is 13.8 Å². The van der Waals surface area contributed by atoms with Crippen LogP contribution < -0.4 is 9.64 Å². The van der Waals surface area contributed by atoms with Crippen molar-refractivity contribution in [2.45, 2.75) is 52.9 Å². The lowest BCUT2D eigenvalue weighted by Gasteiger charge is -2.26. The van der Waals surface area contributed by atoms with E-state index in [9.17, 15) is 14.7 Å². The van der Waals surface area contributed by atoms with Gasteiger partial charge in [-0.25, -0.2) is 24.5 Å². The van der Waals surface area contributed by atoms with Gasteiger partial charge < -0.3 is 19.7 Å². The summed E-state index contributed by atoms with van der Waals surface area (Å²) in [6.07, 6.45) is 1.41. The highest BCUT2D eigenvalue weighted by atomic mass is 16.6. The van der Waals surface area contributed by atoms with E-state index in [2.05, 4.69) is 9.97 Å². The smallest absolute Gasteiger partial charge is 0.417 e. The number of hydrogen-bond acceptors (Lipinski definition) is 7. The van der Waals surface area contributed by atoms with Gasteiger partial charge in [-0.05, 0) is 52.3 Å². The molecule has 9 nitrogen and oxygen atoms in total. The van der Waals surface area contributed by atoms with Crippen molar-refractivity contribution >= 4 is 18.0 Å². The van der Waals surface area contributed by atoms with Crippen molar-refractivity contribution in [1.82, 2.24) is 9.97 Å². The molecule has 9 heteroatoms. The standard InChI is InChI=1S/C20H25N3O6/c1-12(2)28-16-7-13(6-15(24)8-16)11-23(19(27)29-20(3,4)5)18-21-9-14(10-22-18)17(25)26/h6-10,12,24H,11H2,1-5H3,(H,25,26). The van der Waals surface area contributed by atoms with Crippen LogP contribution in [0.4, 0.5) is 10.7 Å². The third kappa shape index (κ3) is 6.63. The number of anilines is 1. The number of ether oxygens (including phenoxy) is 2. The zero-order valence-corrected chi connectivity index (χ0v) is 17.0. The van der Waals surface area contributed by atoms with Crippen LogP contribution in [0.2, 0.25) is 0 Å². The average molecular weight is 403 g/mol. The number of aromatic nitrogens is 2. The summed E-state index contributed by atoms with van der Waals surface area (Å²) in [7, 11) is 0. The normalized spacial score (nSPS) is 11.2. The largest absolute Gasteiger partial charge is 0.508 e. The van der Waals surface area contributed by atoms with E-state index in [1.54, 1.807) is 26.8 Å². The van der Waals surface area contributed by atoms with E-state index in [0.29, 0.717) is 11.3 Å². The highest BCUT2D eigenvalue weighted by Gasteiger charge is 2.26. The number of carbonyl (C=O) groups is 2. The van der Waals surface area contributed by atoms with Gasteiger partial charge in [-0.3, -0.25) is 0 Å². The molecule has 2 rings (SSSR count). The Labute approximate surface area is 168 Å². The highest BCUT2D eigenvalue weighted by Crippen LogP contribution is 2.25. The monoisotopic (exact) mass is 403 g/mol. The van der Waals surface area contributed by atoms with Crippen molar-refractivity contribution in [3.8, 4) is 11.5 Å². The second-order valence-electron chi connectivity index (χ2n) is 7.65. The summed E-state index contributed by atoms with van der Waals surface area (Å²) in [5, 5.41) is 19.0. The van der Waals surface area contributed by atoms with Gasteiger partial charge in [0.25, 0.3) is 0 Å². The number of carbonyl (C=O) groups excluding carboxylic acids is 1. The molecule has 1 amide bonds. The van der Waals surface area contributed by atoms with Crippen molar-refractivity contribution in [3.05, 3.63) is 41.7 Å². The Balaban J connectivity index is 2.38. The number of nitrogens with zero attached hydrogens (tertiary/aromatic N) is 3. The highest BCUT2D eigenvalue weighted by molar-refractivity contribution is 5.88. The number of aromatic carboxylic acids is 1. The van der Waals surface area contributed by atoms with Gasteiger partial charge in [-0.15, -0.1) is 0 Å². The average Bonchev–Trinajstić information content (AvgIpc) is 2.57. The minimum absolute atomic E-state index is 0.0236. The summed E-state index contributed by atoms with van der Waals surface area (Å²) in [4.78, 5) is 32.9. The molecule has 1 aromatic heterocycles. The molecule has 0 radical (unpaired) electrons. The third-order valence-electron chi connectivity index (χ3n) is 3.40. The number of carboxylic acid groups (broad SMARTS) is 1. The van der Waals surface area contributed by atoms with E-state index in [4.69, 9.17) is 14.6 Å². The Morgan fingerprint density at radius 3 is 2.28 bits per heavy atom. The van der Waals surface area contributed by atoms with Gasteiger partial charge in [-0.2, -0.15) is 0 Å². The van der Waals surface area contributed by atoms with Crippen LogP contribution in [0.3, 0.4) is 0 Å². The molecule has 156 valence electrons. The van der Waals surface area contributed by atoms with Gasteiger partial charge in [0.05, 0.1) is 18.2 Å². The zero-order chi connectivity index (χ0) is 21.8. The molecule has 1 heterocycles. The van der Waals surface area contributed by atoms with E-state index in [0.717, 1.165) is 17.3 Å². The van der Waals surface area contributed by atoms with Crippen molar-refractivity contribution in [2.75, 3.05) is 4.90 Å². The lowest BCUT2D eigenvalue weighted by molar-refractivity contribution is 0.0574. The van der Waals surface area contributed by atoms with Crippen LogP contribution in [-0.2, 0) is 11.3 Å². The van der Waals surface area contributed by atoms with Crippen LogP contribution in [0.5, 0.6) is 11.5 Å². The maximum Gasteiger partial charge on any atom is 0.417 e. The summed E-state index contributed by atoms with van der Waals surface area (Å²) >= 11 is 0. The molecular formula is C20H25N3O6. The molecule has 0 bridgehead atoms. The van der Waals surface area contributed by atoms with E-state index in [1.165, 1.54) is 12.1 Å². The number of phenolic OH excluding ortho intramolecular Hbond substituents is 1. The first-order chi connectivity index (χ1) is 13.4. The van der Waals surface area contributed by atoms with Crippen molar-refractivity contribution in [3.63, 3.8) is 0 Å². The number of rotatable bonds is 6. The predicted molar refractivity (Wildman–Crippen MR) is 105 cm³/mol. The zero-order valence-electron chi connectivity index (χ0n) is 17.0. The maximum atomic E-state index is 12.7. The van der Waals surface area contributed by atoms with Gasteiger partial charge in [-0.1, -0.05) is 0 Å². The summed E-state index contributed by atoms with van der Waals surface area (Å²) in [5.74, 6) is -0.784. The summed E-state index contributed by atoms with van der Waals surface area (Å²) in [5.41, 5.74) is -0.318. The van der Waals surface area contributed by atoms with Gasteiger partial charge in [0.15, 0.2) is 0 Å². The molecule has 0 aliphatic carbocycles. The van der Waals surface area contributed by atoms with Crippen LogP contribution in [-0.4, -0.2) is 43.9 Å². The number of aromatic hydroxyl groups is 1. The predicted octanol–water partition coefficient (Wildman–Crippen LogP) is 3.61. The molecule has 0 atom stereocenters. The van der Waals surface area contributed by atoms with Gasteiger partial charge in [0.2, 0.25) is 5.95 Å². The van der Waals surface area contributed by atoms with Crippen LogP contribution in [0.1, 0.15) is 50.5 Å². The van der Waals surface area contributed by atoms with Crippen molar-refractivity contribution in [1.29, 1.82) is 0 Å². The molecule has 2 aromatic rings. The molecule has 0 spiro atoms. The fourth-order valence-electron chi connectivity index (χ4n) is 2.36. The number of benzene rings is 1. The van der Waals surface area contributed by atoms with Crippen molar-refractivity contribution < 1.29 is 29.3 Å². The lowest BCUT2D eigenvalue weighted by atomic mass is 10.2. The molecule has 0 saturated carbocycles. The van der Waals surface area contributed by atoms with Crippen LogP contribution >= 0.6 is 0 Å². The molecule has 0 fully saturated rings. The molecule has 2 N–H and O–H groups in total. The Morgan fingerprint density at radius 2 is 1.76 bits per heavy atom. The Kier molecular flexibility index (Phi) is 6.63. The van der Waals surface area contributed by atoms with Gasteiger partial charge >= 0.3 is 12.1 Å². The summed E-state index contributed by atoms with van der Waals surface area (Å²) in [6, 6.07) is 4.64. The molecular weight excluding hydrogens is 378 g/mol. The molecule has 0 aliphatic rings. The summed E-state index contributed by atoms with van der Waals surface area (Å²) < 4.78 is 11.0. The first kappa shape index (κ1) is 21.9.